The Morgan fingerprint density at radius 2 is 2.06 bits per heavy atom. The number of benzene rings is 1. The summed E-state index contributed by atoms with van der Waals surface area (Å²) in [6, 6.07) is 7.86. The van der Waals surface area contributed by atoms with E-state index in [1.165, 1.54) is 0 Å². The van der Waals surface area contributed by atoms with Gasteiger partial charge in [0.1, 0.15) is 5.82 Å². The number of fused-ring (bicyclic) bond motifs is 1. The second-order valence-electron chi connectivity index (χ2n) is 3.64. The number of para-hydroxylation sites is 1. The molecule has 3 nitrogen and oxygen atoms in total. The Labute approximate surface area is 99.9 Å². The van der Waals surface area contributed by atoms with Gasteiger partial charge in [0.15, 0.2) is 0 Å². The van der Waals surface area contributed by atoms with Gasteiger partial charge in [0.05, 0.1) is 5.52 Å². The number of nitrogens with zero attached hydrogens (tertiary/aromatic N) is 2. The zero-order valence-corrected chi connectivity index (χ0v) is 9.96. The molecule has 1 aromatic carbocycles. The maximum Gasteiger partial charge on any atom is 0.224 e. The van der Waals surface area contributed by atoms with Gasteiger partial charge in [-0.1, -0.05) is 25.5 Å². The van der Waals surface area contributed by atoms with Gasteiger partial charge in [0.2, 0.25) is 5.28 Å². The molecule has 0 fully saturated rings. The summed E-state index contributed by atoms with van der Waals surface area (Å²) in [7, 11) is 0. The fourth-order valence-corrected chi connectivity index (χ4v) is 1.74. The molecule has 1 N–H and O–H groups in total. The van der Waals surface area contributed by atoms with Crippen LogP contribution in [0.5, 0.6) is 0 Å². The standard InChI is InChI=1S/C12H14ClN3/c1-2-3-8-14-11-9-6-4-5-7-10(9)15-12(13)16-11/h4-7H,2-3,8H2,1H3,(H,14,15,16). The lowest BCUT2D eigenvalue weighted by atomic mass is 10.2. The molecule has 1 heterocycles. The smallest absolute Gasteiger partial charge is 0.224 e. The molecule has 0 saturated carbocycles. The molecule has 0 saturated heterocycles. The van der Waals surface area contributed by atoms with Crippen LogP contribution in [0.1, 0.15) is 19.8 Å². The zero-order valence-electron chi connectivity index (χ0n) is 9.20. The minimum Gasteiger partial charge on any atom is -0.369 e. The molecular weight excluding hydrogens is 222 g/mol. The quantitative estimate of drug-likeness (QED) is 0.651. The highest BCUT2D eigenvalue weighted by Crippen LogP contribution is 2.21. The van der Waals surface area contributed by atoms with Crippen LogP contribution in [0.4, 0.5) is 5.82 Å². The second kappa shape index (κ2) is 5.12. The van der Waals surface area contributed by atoms with Crippen molar-refractivity contribution < 1.29 is 0 Å². The van der Waals surface area contributed by atoms with Crippen molar-refractivity contribution in [1.29, 1.82) is 0 Å². The normalized spacial score (nSPS) is 10.6. The molecule has 16 heavy (non-hydrogen) atoms. The Balaban J connectivity index is 2.34. The van der Waals surface area contributed by atoms with Crippen LogP contribution in [0.2, 0.25) is 5.28 Å². The van der Waals surface area contributed by atoms with Crippen LogP contribution >= 0.6 is 11.6 Å². The van der Waals surface area contributed by atoms with Crippen LogP contribution in [0, 0.1) is 0 Å². The Morgan fingerprint density at radius 3 is 2.88 bits per heavy atom. The van der Waals surface area contributed by atoms with Gasteiger partial charge in [-0.3, -0.25) is 0 Å². The van der Waals surface area contributed by atoms with Crippen molar-refractivity contribution in [2.75, 3.05) is 11.9 Å². The topological polar surface area (TPSA) is 37.8 Å². The summed E-state index contributed by atoms with van der Waals surface area (Å²) in [5, 5.41) is 4.60. The summed E-state index contributed by atoms with van der Waals surface area (Å²) < 4.78 is 0. The molecule has 4 heteroatoms. The molecule has 2 rings (SSSR count). The van der Waals surface area contributed by atoms with E-state index >= 15 is 0 Å². The maximum absolute atomic E-state index is 5.87. The highest BCUT2D eigenvalue weighted by molar-refractivity contribution is 6.28. The number of unbranched alkanes of at least 4 members (excludes halogenated alkanes) is 1. The lowest BCUT2D eigenvalue weighted by Crippen LogP contribution is -2.04. The number of rotatable bonds is 4. The van der Waals surface area contributed by atoms with E-state index in [4.69, 9.17) is 11.6 Å². The number of hydrogen-bond acceptors (Lipinski definition) is 3. The van der Waals surface area contributed by atoms with Crippen molar-refractivity contribution in [3.8, 4) is 0 Å². The first kappa shape index (κ1) is 11.1. The van der Waals surface area contributed by atoms with Crippen molar-refractivity contribution in [2.45, 2.75) is 19.8 Å². The van der Waals surface area contributed by atoms with Gasteiger partial charge in [-0.25, -0.2) is 9.97 Å². The number of anilines is 1. The van der Waals surface area contributed by atoms with E-state index in [-0.39, 0.29) is 5.28 Å². The number of nitrogens with one attached hydrogen (secondary N) is 1. The minimum atomic E-state index is 0.290. The third kappa shape index (κ3) is 2.42. The van der Waals surface area contributed by atoms with Crippen LogP contribution in [-0.4, -0.2) is 16.5 Å². The minimum absolute atomic E-state index is 0.290. The Morgan fingerprint density at radius 1 is 1.25 bits per heavy atom. The zero-order chi connectivity index (χ0) is 11.4. The van der Waals surface area contributed by atoms with Crippen LogP contribution in [0.25, 0.3) is 10.9 Å². The first-order valence-corrected chi connectivity index (χ1v) is 5.85. The van der Waals surface area contributed by atoms with Crippen molar-refractivity contribution in [1.82, 2.24) is 9.97 Å². The van der Waals surface area contributed by atoms with Gasteiger partial charge in [-0.15, -0.1) is 0 Å². The molecule has 0 aliphatic carbocycles. The SMILES string of the molecule is CCCCNc1nc(Cl)nc2ccccc12. The number of aromatic nitrogens is 2. The largest absolute Gasteiger partial charge is 0.369 e. The van der Waals surface area contributed by atoms with Crippen LogP contribution in [0.3, 0.4) is 0 Å². The van der Waals surface area contributed by atoms with E-state index < -0.39 is 0 Å². The summed E-state index contributed by atoms with van der Waals surface area (Å²) >= 11 is 5.87. The van der Waals surface area contributed by atoms with Gasteiger partial charge in [0, 0.05) is 11.9 Å². The lowest BCUT2D eigenvalue weighted by molar-refractivity contribution is 0.831. The maximum atomic E-state index is 5.87. The van der Waals surface area contributed by atoms with E-state index in [1.807, 2.05) is 24.3 Å². The average Bonchev–Trinajstić information content (AvgIpc) is 2.29. The van der Waals surface area contributed by atoms with E-state index in [0.717, 1.165) is 36.1 Å². The fraction of sp³-hybridized carbons (Fsp3) is 0.333. The van der Waals surface area contributed by atoms with Crippen LogP contribution < -0.4 is 5.32 Å². The summed E-state index contributed by atoms with van der Waals surface area (Å²) in [5.74, 6) is 0.823. The Hall–Kier alpha value is -1.35. The van der Waals surface area contributed by atoms with E-state index in [9.17, 15) is 0 Å². The van der Waals surface area contributed by atoms with E-state index in [2.05, 4.69) is 22.2 Å². The first-order valence-electron chi connectivity index (χ1n) is 5.47. The van der Waals surface area contributed by atoms with E-state index in [1.54, 1.807) is 0 Å². The molecule has 0 bridgehead atoms. The molecule has 0 aliphatic heterocycles. The van der Waals surface area contributed by atoms with Crippen molar-refractivity contribution in [3.63, 3.8) is 0 Å². The van der Waals surface area contributed by atoms with E-state index in [0.29, 0.717) is 0 Å². The fourth-order valence-electron chi connectivity index (χ4n) is 1.57. The van der Waals surface area contributed by atoms with Gasteiger partial charge in [-0.2, -0.15) is 0 Å². The molecule has 0 amide bonds. The third-order valence-electron chi connectivity index (χ3n) is 2.40. The van der Waals surface area contributed by atoms with Crippen LogP contribution in [-0.2, 0) is 0 Å². The first-order chi connectivity index (χ1) is 7.81. The highest BCUT2D eigenvalue weighted by atomic mass is 35.5. The predicted octanol–water partition coefficient (Wildman–Crippen LogP) is 3.50. The average molecular weight is 236 g/mol. The second-order valence-corrected chi connectivity index (χ2v) is 3.98. The summed E-state index contributed by atoms with van der Waals surface area (Å²) in [6.45, 7) is 3.07. The predicted molar refractivity (Wildman–Crippen MR) is 67.9 cm³/mol. The van der Waals surface area contributed by atoms with Crippen molar-refractivity contribution in [3.05, 3.63) is 29.5 Å². The molecule has 2 aromatic rings. The van der Waals surface area contributed by atoms with Gasteiger partial charge in [-0.05, 0) is 30.2 Å². The Kier molecular flexibility index (Phi) is 3.57. The Bertz CT molecular complexity index is 485. The number of hydrogen-bond donors (Lipinski definition) is 1. The monoisotopic (exact) mass is 235 g/mol. The summed E-state index contributed by atoms with van der Waals surface area (Å²) in [5.41, 5.74) is 0.876. The molecule has 0 aliphatic rings. The van der Waals surface area contributed by atoms with Crippen LogP contribution in [0.15, 0.2) is 24.3 Å². The van der Waals surface area contributed by atoms with Crippen molar-refractivity contribution in [2.24, 2.45) is 0 Å². The van der Waals surface area contributed by atoms with Gasteiger partial charge < -0.3 is 5.32 Å². The molecule has 0 atom stereocenters. The summed E-state index contributed by atoms with van der Waals surface area (Å²) in [4.78, 5) is 8.40. The lowest BCUT2D eigenvalue weighted by Gasteiger charge is -2.08. The van der Waals surface area contributed by atoms with Gasteiger partial charge in [0.25, 0.3) is 0 Å². The molecule has 0 radical (unpaired) electrons. The molecule has 0 spiro atoms. The summed E-state index contributed by atoms with van der Waals surface area (Å²) in [6.07, 6.45) is 2.28. The molecule has 0 unspecified atom stereocenters. The third-order valence-corrected chi connectivity index (χ3v) is 2.57. The molecular formula is C12H14ClN3. The van der Waals surface area contributed by atoms with Crippen molar-refractivity contribution >= 4 is 28.3 Å². The number of halogens is 1. The highest BCUT2D eigenvalue weighted by Gasteiger charge is 2.04. The molecule has 1 aromatic heterocycles. The molecule has 84 valence electrons. The van der Waals surface area contributed by atoms with Gasteiger partial charge >= 0.3 is 0 Å².